The maximum Gasteiger partial charge on any atom is 0.252 e. The average Bonchev–Trinajstić information content (AvgIpc) is 2.26. The lowest BCUT2D eigenvalue weighted by atomic mass is 10.2. The Labute approximate surface area is 86.3 Å². The molecular formula is C10H9FN2O2. The molecule has 0 unspecified atom stereocenters. The van der Waals surface area contributed by atoms with E-state index < -0.39 is 11.7 Å². The number of hydrogen-bond donors (Lipinski definition) is 1. The lowest BCUT2D eigenvalue weighted by Crippen LogP contribution is -2.23. The zero-order chi connectivity index (χ0) is 11.3. The maximum absolute atomic E-state index is 13.0. The van der Waals surface area contributed by atoms with Crippen LogP contribution in [0.15, 0.2) is 18.2 Å². The number of hydrogen-bond acceptors (Lipinski definition) is 3. The minimum Gasteiger partial charge on any atom is -0.494 e. The number of carbonyl (C=O) groups is 1. The highest BCUT2D eigenvalue weighted by Gasteiger charge is 2.09. The van der Waals surface area contributed by atoms with Gasteiger partial charge < -0.3 is 10.1 Å². The number of nitriles is 1. The molecule has 1 amide bonds. The highest BCUT2D eigenvalue weighted by molar-refractivity contribution is 5.94. The first kappa shape index (κ1) is 11.0. The summed E-state index contributed by atoms with van der Waals surface area (Å²) < 4.78 is 17.7. The van der Waals surface area contributed by atoms with Crippen LogP contribution in [0.25, 0.3) is 0 Å². The molecule has 4 nitrogen and oxygen atoms in total. The van der Waals surface area contributed by atoms with E-state index in [1.54, 1.807) is 6.07 Å². The van der Waals surface area contributed by atoms with Gasteiger partial charge in [0.05, 0.1) is 13.2 Å². The number of nitrogens with one attached hydrogen (secondary N) is 1. The van der Waals surface area contributed by atoms with E-state index in [1.807, 2.05) is 0 Å². The number of halogens is 1. The van der Waals surface area contributed by atoms with E-state index in [9.17, 15) is 9.18 Å². The van der Waals surface area contributed by atoms with Gasteiger partial charge in [0.15, 0.2) is 11.6 Å². The van der Waals surface area contributed by atoms with Gasteiger partial charge in [-0.2, -0.15) is 5.26 Å². The Bertz CT molecular complexity index is 412. The van der Waals surface area contributed by atoms with Crippen LogP contribution in [-0.4, -0.2) is 19.6 Å². The second-order valence-corrected chi connectivity index (χ2v) is 2.69. The van der Waals surface area contributed by atoms with Crippen LogP contribution in [0.5, 0.6) is 5.75 Å². The molecular weight excluding hydrogens is 199 g/mol. The molecule has 1 aromatic carbocycles. The summed E-state index contributed by atoms with van der Waals surface area (Å²) >= 11 is 0. The Kier molecular flexibility index (Phi) is 3.63. The smallest absolute Gasteiger partial charge is 0.252 e. The maximum atomic E-state index is 13.0. The molecule has 1 aromatic rings. The van der Waals surface area contributed by atoms with E-state index in [-0.39, 0.29) is 17.9 Å². The molecule has 0 heterocycles. The molecule has 0 aliphatic heterocycles. The van der Waals surface area contributed by atoms with Gasteiger partial charge in [-0.25, -0.2) is 4.39 Å². The van der Waals surface area contributed by atoms with Crippen LogP contribution < -0.4 is 10.1 Å². The first-order valence-electron chi connectivity index (χ1n) is 4.17. The molecule has 0 saturated carbocycles. The Hall–Kier alpha value is -2.09. The molecule has 15 heavy (non-hydrogen) atoms. The van der Waals surface area contributed by atoms with E-state index in [0.717, 1.165) is 6.07 Å². The fourth-order valence-corrected chi connectivity index (χ4v) is 1.02. The van der Waals surface area contributed by atoms with Crippen molar-refractivity contribution in [1.82, 2.24) is 5.32 Å². The second-order valence-electron chi connectivity index (χ2n) is 2.69. The number of ether oxygens (including phenoxy) is 1. The van der Waals surface area contributed by atoms with Crippen molar-refractivity contribution in [3.63, 3.8) is 0 Å². The summed E-state index contributed by atoms with van der Waals surface area (Å²) in [6.07, 6.45) is 0. The largest absolute Gasteiger partial charge is 0.494 e. The Balaban J connectivity index is 2.87. The summed E-state index contributed by atoms with van der Waals surface area (Å²) in [5.41, 5.74) is 0.253. The van der Waals surface area contributed by atoms with E-state index >= 15 is 0 Å². The first-order valence-corrected chi connectivity index (χ1v) is 4.17. The van der Waals surface area contributed by atoms with Gasteiger partial charge in [-0.15, -0.1) is 0 Å². The molecule has 5 heteroatoms. The van der Waals surface area contributed by atoms with E-state index in [4.69, 9.17) is 10.00 Å². The number of methoxy groups -OCH3 is 1. The van der Waals surface area contributed by atoms with E-state index in [0.29, 0.717) is 0 Å². The number of amides is 1. The molecule has 0 aliphatic carbocycles. The van der Waals surface area contributed by atoms with Crippen LogP contribution in [0.4, 0.5) is 4.39 Å². The quantitative estimate of drug-likeness (QED) is 0.756. The number of carbonyl (C=O) groups excluding carboxylic acids is 1. The van der Waals surface area contributed by atoms with Gasteiger partial charge in [-0.3, -0.25) is 4.79 Å². The fraction of sp³-hybridized carbons (Fsp3) is 0.200. The third kappa shape index (κ3) is 2.68. The van der Waals surface area contributed by atoms with Gasteiger partial charge in [0.25, 0.3) is 5.91 Å². The van der Waals surface area contributed by atoms with Crippen molar-refractivity contribution in [3.05, 3.63) is 29.6 Å². The summed E-state index contributed by atoms with van der Waals surface area (Å²) in [4.78, 5) is 11.3. The minimum absolute atomic E-state index is 0.000363. The van der Waals surface area contributed by atoms with Crippen LogP contribution in [0.2, 0.25) is 0 Å². The molecule has 0 radical (unpaired) electrons. The Morgan fingerprint density at radius 2 is 2.40 bits per heavy atom. The molecule has 1 N–H and O–H groups in total. The third-order valence-corrected chi connectivity index (χ3v) is 1.74. The molecule has 0 fully saturated rings. The summed E-state index contributed by atoms with van der Waals surface area (Å²) in [6, 6.07) is 5.51. The zero-order valence-electron chi connectivity index (χ0n) is 8.08. The molecule has 0 spiro atoms. The summed E-state index contributed by atoms with van der Waals surface area (Å²) in [7, 11) is 1.31. The van der Waals surface area contributed by atoms with Crippen LogP contribution >= 0.6 is 0 Å². The van der Waals surface area contributed by atoms with Crippen molar-refractivity contribution in [2.24, 2.45) is 0 Å². The van der Waals surface area contributed by atoms with Gasteiger partial charge in [0.1, 0.15) is 6.54 Å². The first-order chi connectivity index (χ1) is 7.19. The number of rotatable bonds is 3. The fourth-order valence-electron chi connectivity index (χ4n) is 1.02. The second kappa shape index (κ2) is 4.96. The SMILES string of the molecule is COc1cc(C(=O)NCC#N)ccc1F. The monoisotopic (exact) mass is 208 g/mol. The van der Waals surface area contributed by atoms with Crippen molar-refractivity contribution in [2.75, 3.05) is 13.7 Å². The van der Waals surface area contributed by atoms with Gasteiger partial charge in [0.2, 0.25) is 0 Å². The lowest BCUT2D eigenvalue weighted by Gasteiger charge is -2.04. The van der Waals surface area contributed by atoms with Crippen LogP contribution in [0.1, 0.15) is 10.4 Å². The molecule has 78 valence electrons. The number of nitrogens with zero attached hydrogens (tertiary/aromatic N) is 1. The Morgan fingerprint density at radius 1 is 1.67 bits per heavy atom. The van der Waals surface area contributed by atoms with Gasteiger partial charge in [-0.1, -0.05) is 0 Å². The van der Waals surface area contributed by atoms with Crippen LogP contribution in [-0.2, 0) is 0 Å². The van der Waals surface area contributed by atoms with Crippen LogP contribution in [0, 0.1) is 17.1 Å². The number of benzene rings is 1. The Morgan fingerprint density at radius 3 is 3.00 bits per heavy atom. The van der Waals surface area contributed by atoms with Crippen molar-refractivity contribution in [2.45, 2.75) is 0 Å². The predicted molar refractivity (Wildman–Crippen MR) is 50.9 cm³/mol. The molecule has 0 aliphatic rings. The van der Waals surface area contributed by atoms with Crippen LogP contribution in [0.3, 0.4) is 0 Å². The molecule has 0 bridgehead atoms. The zero-order valence-corrected chi connectivity index (χ0v) is 8.08. The van der Waals surface area contributed by atoms with Crippen molar-refractivity contribution in [3.8, 4) is 11.8 Å². The summed E-state index contributed by atoms with van der Waals surface area (Å²) in [5, 5.41) is 10.6. The molecule has 1 rings (SSSR count). The highest BCUT2D eigenvalue weighted by atomic mass is 19.1. The standard InChI is InChI=1S/C10H9FN2O2/c1-15-9-6-7(2-3-8(9)11)10(14)13-5-4-12/h2-3,6H,5H2,1H3,(H,13,14). The van der Waals surface area contributed by atoms with Crippen molar-refractivity contribution < 1.29 is 13.9 Å². The molecule has 0 atom stereocenters. The highest BCUT2D eigenvalue weighted by Crippen LogP contribution is 2.17. The average molecular weight is 208 g/mol. The van der Waals surface area contributed by atoms with Crippen molar-refractivity contribution in [1.29, 1.82) is 5.26 Å². The van der Waals surface area contributed by atoms with Crippen molar-refractivity contribution >= 4 is 5.91 Å². The summed E-state index contributed by atoms with van der Waals surface area (Å²) in [6.45, 7) is -0.0848. The topological polar surface area (TPSA) is 62.1 Å². The predicted octanol–water partition coefficient (Wildman–Crippen LogP) is 1.09. The lowest BCUT2D eigenvalue weighted by molar-refractivity contribution is 0.0958. The van der Waals surface area contributed by atoms with Gasteiger partial charge in [-0.05, 0) is 18.2 Å². The van der Waals surface area contributed by atoms with Gasteiger partial charge in [0, 0.05) is 5.56 Å². The van der Waals surface area contributed by atoms with E-state index in [2.05, 4.69) is 5.32 Å². The third-order valence-electron chi connectivity index (χ3n) is 1.74. The summed E-state index contributed by atoms with van der Waals surface area (Å²) in [5.74, 6) is -0.969. The molecule has 0 saturated heterocycles. The normalized spacial score (nSPS) is 9.13. The van der Waals surface area contributed by atoms with Gasteiger partial charge >= 0.3 is 0 Å². The minimum atomic E-state index is -0.533. The molecule has 0 aromatic heterocycles. The van der Waals surface area contributed by atoms with E-state index in [1.165, 1.54) is 19.2 Å².